The number of rotatable bonds is 3. The first-order valence-electron chi connectivity index (χ1n) is 7.94. The number of carbonyl (C=O) groups excluding carboxylic acids is 3. The third-order valence-electron chi connectivity index (χ3n) is 4.46. The highest BCUT2D eigenvalue weighted by atomic mass is 35.5. The number of piperazine rings is 1. The maximum Gasteiger partial charge on any atom is 0.319 e. The minimum absolute atomic E-state index is 0.237. The number of aliphatic hydroxyl groups excluding tert-OH is 1. The topological polar surface area (TPSA) is 111 Å². The molecule has 1 aromatic rings. The quantitative estimate of drug-likeness (QED) is 0.613. The lowest BCUT2D eigenvalue weighted by Gasteiger charge is -2.33. The van der Waals surface area contributed by atoms with Crippen LogP contribution in [0.5, 0.6) is 0 Å². The highest BCUT2D eigenvalue weighted by Gasteiger charge is 2.46. The molecular weight excluding hydrogens is 348 g/mol. The van der Waals surface area contributed by atoms with E-state index in [4.69, 9.17) is 16.7 Å². The second-order valence-electron chi connectivity index (χ2n) is 6.24. The van der Waals surface area contributed by atoms with Gasteiger partial charge in [-0.3, -0.25) is 9.59 Å². The monoisotopic (exact) mass is 366 g/mol. The third-order valence-corrected chi connectivity index (χ3v) is 4.69. The number of aliphatic hydroxyl groups is 1. The Balaban J connectivity index is 1.62. The van der Waals surface area contributed by atoms with Crippen molar-refractivity contribution in [1.29, 1.82) is 0 Å². The first-order chi connectivity index (χ1) is 11.9. The largest absolute Gasteiger partial charge is 0.394 e. The van der Waals surface area contributed by atoms with Crippen LogP contribution in [0, 0.1) is 6.92 Å². The van der Waals surface area contributed by atoms with Gasteiger partial charge in [0.25, 0.3) is 0 Å². The van der Waals surface area contributed by atoms with Gasteiger partial charge < -0.3 is 26.0 Å². The number of urea groups is 1. The molecule has 2 aliphatic rings. The van der Waals surface area contributed by atoms with Crippen molar-refractivity contribution in [2.45, 2.75) is 31.5 Å². The number of anilines is 1. The van der Waals surface area contributed by atoms with Gasteiger partial charge in [0.05, 0.1) is 12.6 Å². The SMILES string of the molecule is Cc1cc(Cl)ccc1NC(=O)N[C@H]1C[C@H]2C(=O)N[C@@H](CO)C(=O)N2C1. The number of nitrogens with one attached hydrogen (secondary N) is 3. The molecular formula is C16H19ClN4O4. The average molecular weight is 367 g/mol. The number of aryl methyl sites for hydroxylation is 1. The molecule has 0 saturated carbocycles. The molecule has 3 rings (SSSR count). The Morgan fingerprint density at radius 1 is 1.44 bits per heavy atom. The standard InChI is InChI=1S/C16H19ClN4O4/c1-8-4-9(17)2-3-11(8)20-16(25)18-10-5-13-14(23)19-12(7-22)15(24)21(13)6-10/h2-4,10,12-13,22H,5-7H2,1H3,(H,19,23)(H2,18,20,25)/t10-,12-,13-/m0/s1. The molecule has 2 aliphatic heterocycles. The number of hydrogen-bond acceptors (Lipinski definition) is 4. The molecule has 0 unspecified atom stereocenters. The van der Waals surface area contributed by atoms with Crippen molar-refractivity contribution in [2.24, 2.45) is 0 Å². The van der Waals surface area contributed by atoms with Crippen molar-refractivity contribution in [3.8, 4) is 0 Å². The van der Waals surface area contributed by atoms with Gasteiger partial charge in [-0.05, 0) is 37.1 Å². The Kier molecular flexibility index (Phi) is 4.82. The number of nitrogens with zero attached hydrogens (tertiary/aromatic N) is 1. The zero-order valence-corrected chi connectivity index (χ0v) is 14.3. The van der Waals surface area contributed by atoms with E-state index in [2.05, 4.69) is 16.0 Å². The molecule has 1 aromatic carbocycles. The highest BCUT2D eigenvalue weighted by molar-refractivity contribution is 6.30. The van der Waals surface area contributed by atoms with Crippen LogP contribution in [0.25, 0.3) is 0 Å². The highest BCUT2D eigenvalue weighted by Crippen LogP contribution is 2.23. The summed E-state index contributed by atoms with van der Waals surface area (Å²) in [5, 5.41) is 17.8. The zero-order valence-electron chi connectivity index (χ0n) is 13.6. The van der Waals surface area contributed by atoms with E-state index in [0.29, 0.717) is 17.1 Å². The number of fused-ring (bicyclic) bond motifs is 1. The molecule has 0 bridgehead atoms. The molecule has 0 spiro atoms. The summed E-state index contributed by atoms with van der Waals surface area (Å²) in [6, 6.07) is 2.85. The summed E-state index contributed by atoms with van der Waals surface area (Å²) in [6.45, 7) is 1.62. The molecule has 2 fully saturated rings. The normalized spacial score (nSPS) is 25.4. The number of amides is 4. The van der Waals surface area contributed by atoms with Crippen LogP contribution in [0.3, 0.4) is 0 Å². The third kappa shape index (κ3) is 3.54. The van der Waals surface area contributed by atoms with Crippen molar-refractivity contribution >= 4 is 35.1 Å². The molecule has 2 saturated heterocycles. The van der Waals surface area contributed by atoms with Crippen LogP contribution >= 0.6 is 11.6 Å². The van der Waals surface area contributed by atoms with E-state index in [-0.39, 0.29) is 24.4 Å². The predicted octanol–water partition coefficient (Wildman–Crippen LogP) is 0.230. The Bertz CT molecular complexity index is 726. The minimum Gasteiger partial charge on any atom is -0.394 e. The lowest BCUT2D eigenvalue weighted by Crippen LogP contribution is -2.62. The van der Waals surface area contributed by atoms with E-state index in [1.54, 1.807) is 18.2 Å². The van der Waals surface area contributed by atoms with Gasteiger partial charge in [0.15, 0.2) is 0 Å². The van der Waals surface area contributed by atoms with Crippen molar-refractivity contribution < 1.29 is 19.5 Å². The molecule has 3 atom stereocenters. The van der Waals surface area contributed by atoms with Gasteiger partial charge in [-0.1, -0.05) is 11.6 Å². The maximum absolute atomic E-state index is 12.2. The molecule has 9 heteroatoms. The van der Waals surface area contributed by atoms with Crippen molar-refractivity contribution in [1.82, 2.24) is 15.5 Å². The van der Waals surface area contributed by atoms with Crippen molar-refractivity contribution in [3.63, 3.8) is 0 Å². The fourth-order valence-corrected chi connectivity index (χ4v) is 3.42. The zero-order chi connectivity index (χ0) is 18.1. The van der Waals surface area contributed by atoms with Crippen molar-refractivity contribution in [3.05, 3.63) is 28.8 Å². The molecule has 0 radical (unpaired) electrons. The summed E-state index contributed by atoms with van der Waals surface area (Å²) in [6.07, 6.45) is 0.336. The molecule has 4 amide bonds. The molecule has 8 nitrogen and oxygen atoms in total. The fourth-order valence-electron chi connectivity index (χ4n) is 3.20. The van der Waals surface area contributed by atoms with E-state index in [0.717, 1.165) is 5.56 Å². The molecule has 134 valence electrons. The molecule has 4 N–H and O–H groups in total. The minimum atomic E-state index is -0.909. The number of halogens is 1. The number of benzene rings is 1. The smallest absolute Gasteiger partial charge is 0.319 e. The van der Waals surface area contributed by atoms with E-state index < -0.39 is 24.7 Å². The summed E-state index contributed by atoms with van der Waals surface area (Å²) in [7, 11) is 0. The van der Waals surface area contributed by atoms with Gasteiger partial charge in [0, 0.05) is 17.3 Å². The molecule has 25 heavy (non-hydrogen) atoms. The lowest BCUT2D eigenvalue weighted by atomic mass is 10.1. The summed E-state index contributed by atoms with van der Waals surface area (Å²) in [4.78, 5) is 37.8. The summed E-state index contributed by atoms with van der Waals surface area (Å²) in [5.74, 6) is -0.637. The second-order valence-corrected chi connectivity index (χ2v) is 6.68. The molecule has 0 aromatic heterocycles. The van der Waals surface area contributed by atoms with Crippen LogP contribution in [0.15, 0.2) is 18.2 Å². The second kappa shape index (κ2) is 6.89. The van der Waals surface area contributed by atoms with Gasteiger partial charge in [-0.25, -0.2) is 4.79 Å². The summed E-state index contributed by atoms with van der Waals surface area (Å²) < 4.78 is 0. The van der Waals surface area contributed by atoms with Crippen LogP contribution in [0.2, 0.25) is 5.02 Å². The fraction of sp³-hybridized carbons (Fsp3) is 0.438. The Morgan fingerprint density at radius 2 is 2.20 bits per heavy atom. The van der Waals surface area contributed by atoms with Crippen LogP contribution in [-0.2, 0) is 9.59 Å². The van der Waals surface area contributed by atoms with E-state index >= 15 is 0 Å². The van der Waals surface area contributed by atoms with Crippen LogP contribution in [0.1, 0.15) is 12.0 Å². The van der Waals surface area contributed by atoms with Gasteiger partial charge in [-0.15, -0.1) is 0 Å². The Hall–Kier alpha value is -2.32. The average Bonchev–Trinajstić information content (AvgIpc) is 2.98. The Labute approximate surface area is 149 Å². The first kappa shape index (κ1) is 17.5. The lowest BCUT2D eigenvalue weighted by molar-refractivity contribution is -0.148. The predicted molar refractivity (Wildman–Crippen MR) is 91.3 cm³/mol. The van der Waals surface area contributed by atoms with Gasteiger partial charge in [-0.2, -0.15) is 0 Å². The molecule has 2 heterocycles. The summed E-state index contributed by atoms with van der Waals surface area (Å²) in [5.41, 5.74) is 1.46. The van der Waals surface area contributed by atoms with E-state index in [1.165, 1.54) is 4.90 Å². The number of hydrogen-bond donors (Lipinski definition) is 4. The van der Waals surface area contributed by atoms with E-state index in [1.807, 2.05) is 6.92 Å². The van der Waals surface area contributed by atoms with Crippen molar-refractivity contribution in [2.75, 3.05) is 18.5 Å². The van der Waals surface area contributed by atoms with Gasteiger partial charge in [0.1, 0.15) is 12.1 Å². The van der Waals surface area contributed by atoms with Crippen LogP contribution in [0.4, 0.5) is 10.5 Å². The first-order valence-corrected chi connectivity index (χ1v) is 8.32. The van der Waals surface area contributed by atoms with Crippen LogP contribution in [-0.4, -0.2) is 59.1 Å². The van der Waals surface area contributed by atoms with Gasteiger partial charge >= 0.3 is 6.03 Å². The number of carbonyl (C=O) groups is 3. The van der Waals surface area contributed by atoms with Crippen LogP contribution < -0.4 is 16.0 Å². The van der Waals surface area contributed by atoms with Gasteiger partial charge in [0.2, 0.25) is 11.8 Å². The molecule has 0 aliphatic carbocycles. The Morgan fingerprint density at radius 3 is 2.88 bits per heavy atom. The van der Waals surface area contributed by atoms with E-state index in [9.17, 15) is 14.4 Å². The summed E-state index contributed by atoms with van der Waals surface area (Å²) >= 11 is 5.89. The maximum atomic E-state index is 12.2.